The van der Waals surface area contributed by atoms with Gasteiger partial charge in [0.05, 0.1) is 5.92 Å². The summed E-state index contributed by atoms with van der Waals surface area (Å²) in [6.45, 7) is 2.88. The maximum Gasteiger partial charge on any atom is 0.229 e. The Balaban J connectivity index is 1.99. The molecule has 2 atom stereocenters. The summed E-state index contributed by atoms with van der Waals surface area (Å²) in [6.07, 6.45) is 0.855. The summed E-state index contributed by atoms with van der Waals surface area (Å²) in [7, 11) is 0. The normalized spacial score (nSPS) is 24.4. The van der Waals surface area contributed by atoms with Crippen LogP contribution in [0.1, 0.15) is 13.3 Å². The van der Waals surface area contributed by atoms with E-state index in [1.807, 2.05) is 6.92 Å². The predicted molar refractivity (Wildman–Crippen MR) is 60.6 cm³/mol. The van der Waals surface area contributed by atoms with E-state index in [-0.39, 0.29) is 23.7 Å². The minimum atomic E-state index is -0.297. The summed E-state index contributed by atoms with van der Waals surface area (Å²) in [5, 5.41) is 6.02. The van der Waals surface area contributed by atoms with Gasteiger partial charge in [-0.05, 0) is 44.2 Å². The molecule has 3 nitrogen and oxygen atoms in total. The average Bonchev–Trinajstić information content (AvgIpc) is 2.68. The quantitative estimate of drug-likeness (QED) is 0.800. The minimum Gasteiger partial charge on any atom is -0.326 e. The molecule has 16 heavy (non-hydrogen) atoms. The molecular weight excluding hydrogens is 207 g/mol. The highest BCUT2D eigenvalue weighted by Gasteiger charge is 2.29. The monoisotopic (exact) mass is 222 g/mol. The molecule has 0 aliphatic carbocycles. The van der Waals surface area contributed by atoms with Crippen LogP contribution in [0.4, 0.5) is 10.1 Å². The lowest BCUT2D eigenvalue weighted by atomic mass is 10.0. The first-order chi connectivity index (χ1) is 7.66. The first kappa shape index (κ1) is 11.1. The largest absolute Gasteiger partial charge is 0.326 e. The molecule has 0 radical (unpaired) electrons. The van der Waals surface area contributed by atoms with Gasteiger partial charge in [0, 0.05) is 11.7 Å². The molecule has 2 N–H and O–H groups in total. The van der Waals surface area contributed by atoms with E-state index in [9.17, 15) is 9.18 Å². The Labute approximate surface area is 94.0 Å². The lowest BCUT2D eigenvalue weighted by Gasteiger charge is -2.14. The fraction of sp³-hybridized carbons (Fsp3) is 0.417. The maximum absolute atomic E-state index is 12.7. The van der Waals surface area contributed by atoms with Gasteiger partial charge >= 0.3 is 0 Å². The van der Waals surface area contributed by atoms with Crippen LogP contribution >= 0.6 is 0 Å². The van der Waals surface area contributed by atoms with Crippen molar-refractivity contribution in [2.24, 2.45) is 5.92 Å². The molecule has 0 bridgehead atoms. The van der Waals surface area contributed by atoms with Gasteiger partial charge in [-0.2, -0.15) is 0 Å². The van der Waals surface area contributed by atoms with Crippen molar-refractivity contribution in [3.05, 3.63) is 30.1 Å². The van der Waals surface area contributed by atoms with Gasteiger partial charge in [0.2, 0.25) is 5.91 Å². The Morgan fingerprint density at radius 2 is 2.12 bits per heavy atom. The Morgan fingerprint density at radius 3 is 2.69 bits per heavy atom. The number of nitrogens with one attached hydrogen (secondary N) is 2. The molecule has 1 fully saturated rings. The Hall–Kier alpha value is -1.42. The summed E-state index contributed by atoms with van der Waals surface area (Å²) >= 11 is 0. The van der Waals surface area contributed by atoms with Gasteiger partial charge in [-0.15, -0.1) is 0 Å². The van der Waals surface area contributed by atoms with Crippen LogP contribution in [0.3, 0.4) is 0 Å². The van der Waals surface area contributed by atoms with Gasteiger partial charge in [0.25, 0.3) is 0 Å². The van der Waals surface area contributed by atoms with E-state index in [0.29, 0.717) is 5.69 Å². The van der Waals surface area contributed by atoms with Crippen molar-refractivity contribution in [1.29, 1.82) is 0 Å². The second kappa shape index (κ2) is 4.61. The molecule has 2 rings (SSSR count). The lowest BCUT2D eigenvalue weighted by Crippen LogP contribution is -2.32. The Morgan fingerprint density at radius 1 is 1.44 bits per heavy atom. The van der Waals surface area contributed by atoms with Crippen LogP contribution < -0.4 is 10.6 Å². The van der Waals surface area contributed by atoms with E-state index in [4.69, 9.17) is 0 Å². The highest BCUT2D eigenvalue weighted by molar-refractivity contribution is 5.93. The predicted octanol–water partition coefficient (Wildman–Crippen LogP) is 1.76. The molecule has 1 aliphatic rings. The molecular formula is C12H15FN2O. The third-order valence-corrected chi connectivity index (χ3v) is 2.97. The van der Waals surface area contributed by atoms with Crippen molar-refractivity contribution < 1.29 is 9.18 Å². The number of carbonyl (C=O) groups excluding carboxylic acids is 1. The van der Waals surface area contributed by atoms with Crippen molar-refractivity contribution in [1.82, 2.24) is 5.32 Å². The maximum atomic E-state index is 12.7. The topological polar surface area (TPSA) is 41.1 Å². The standard InChI is InChI=1S/C12H15FN2O/c1-8-11(6-7-14-8)12(16)15-10-4-2-9(13)3-5-10/h2-5,8,11,14H,6-7H2,1H3,(H,15,16). The zero-order valence-corrected chi connectivity index (χ0v) is 9.16. The zero-order chi connectivity index (χ0) is 11.5. The van der Waals surface area contributed by atoms with E-state index in [0.717, 1.165) is 13.0 Å². The number of hydrogen-bond acceptors (Lipinski definition) is 2. The molecule has 2 unspecified atom stereocenters. The first-order valence-electron chi connectivity index (χ1n) is 5.46. The van der Waals surface area contributed by atoms with E-state index in [1.165, 1.54) is 12.1 Å². The number of amides is 1. The van der Waals surface area contributed by atoms with Crippen LogP contribution in [-0.2, 0) is 4.79 Å². The van der Waals surface area contributed by atoms with Crippen molar-refractivity contribution >= 4 is 11.6 Å². The molecule has 0 aromatic heterocycles. The van der Waals surface area contributed by atoms with Gasteiger partial charge in [0.15, 0.2) is 0 Å². The van der Waals surface area contributed by atoms with Crippen molar-refractivity contribution in [2.45, 2.75) is 19.4 Å². The first-order valence-corrected chi connectivity index (χ1v) is 5.46. The van der Waals surface area contributed by atoms with Crippen LogP contribution in [0, 0.1) is 11.7 Å². The van der Waals surface area contributed by atoms with E-state index in [2.05, 4.69) is 10.6 Å². The van der Waals surface area contributed by atoms with Crippen LogP contribution in [0.25, 0.3) is 0 Å². The molecule has 1 amide bonds. The minimum absolute atomic E-state index is 0.00380. The summed E-state index contributed by atoms with van der Waals surface area (Å²) in [5.74, 6) is -0.289. The fourth-order valence-electron chi connectivity index (χ4n) is 1.99. The lowest BCUT2D eigenvalue weighted by molar-refractivity contribution is -0.120. The average molecular weight is 222 g/mol. The van der Waals surface area contributed by atoms with Crippen molar-refractivity contribution in [3.63, 3.8) is 0 Å². The molecule has 1 heterocycles. The number of hydrogen-bond donors (Lipinski definition) is 2. The van der Waals surface area contributed by atoms with Gasteiger partial charge < -0.3 is 10.6 Å². The van der Waals surface area contributed by atoms with E-state index >= 15 is 0 Å². The Kier molecular flexibility index (Phi) is 3.19. The highest BCUT2D eigenvalue weighted by atomic mass is 19.1. The van der Waals surface area contributed by atoms with Gasteiger partial charge in [-0.25, -0.2) is 4.39 Å². The summed E-state index contributed by atoms with van der Waals surface area (Å²) < 4.78 is 12.7. The second-order valence-corrected chi connectivity index (χ2v) is 4.13. The Bertz CT molecular complexity index is 377. The number of carbonyl (C=O) groups is 1. The fourth-order valence-corrected chi connectivity index (χ4v) is 1.99. The third kappa shape index (κ3) is 2.39. The summed E-state index contributed by atoms with van der Waals surface area (Å²) in [5.41, 5.74) is 0.644. The second-order valence-electron chi connectivity index (χ2n) is 4.13. The van der Waals surface area contributed by atoms with Gasteiger partial charge in [-0.1, -0.05) is 0 Å². The van der Waals surface area contributed by atoms with Crippen LogP contribution in [0.15, 0.2) is 24.3 Å². The SMILES string of the molecule is CC1NCCC1C(=O)Nc1ccc(F)cc1. The van der Waals surface area contributed by atoms with Crippen LogP contribution in [0.2, 0.25) is 0 Å². The summed E-state index contributed by atoms with van der Waals surface area (Å²) in [4.78, 5) is 11.9. The van der Waals surface area contributed by atoms with E-state index in [1.54, 1.807) is 12.1 Å². The van der Waals surface area contributed by atoms with Crippen LogP contribution in [-0.4, -0.2) is 18.5 Å². The van der Waals surface area contributed by atoms with E-state index < -0.39 is 0 Å². The molecule has 1 saturated heterocycles. The smallest absolute Gasteiger partial charge is 0.229 e. The van der Waals surface area contributed by atoms with Crippen molar-refractivity contribution in [3.8, 4) is 0 Å². The molecule has 0 spiro atoms. The van der Waals surface area contributed by atoms with Crippen LogP contribution in [0.5, 0.6) is 0 Å². The molecule has 0 saturated carbocycles. The molecule has 86 valence electrons. The zero-order valence-electron chi connectivity index (χ0n) is 9.16. The number of halogens is 1. The summed E-state index contributed by atoms with van der Waals surface area (Å²) in [6, 6.07) is 6.03. The molecule has 4 heteroatoms. The number of anilines is 1. The third-order valence-electron chi connectivity index (χ3n) is 2.97. The molecule has 1 aromatic rings. The number of benzene rings is 1. The van der Waals surface area contributed by atoms with Gasteiger partial charge in [-0.3, -0.25) is 4.79 Å². The molecule has 1 aromatic carbocycles. The van der Waals surface area contributed by atoms with Crippen molar-refractivity contribution in [2.75, 3.05) is 11.9 Å². The highest BCUT2D eigenvalue weighted by Crippen LogP contribution is 2.18. The molecule has 1 aliphatic heterocycles. The van der Waals surface area contributed by atoms with Gasteiger partial charge in [0.1, 0.15) is 5.82 Å². The number of rotatable bonds is 2.